The maximum atomic E-state index is 13.2. The summed E-state index contributed by atoms with van der Waals surface area (Å²) in [6.07, 6.45) is 3.38. The van der Waals surface area contributed by atoms with Crippen LogP contribution in [0.3, 0.4) is 0 Å². The normalized spacial score (nSPS) is 12.1. The molecule has 0 spiro atoms. The van der Waals surface area contributed by atoms with E-state index in [-0.39, 0.29) is 17.1 Å². The fourth-order valence-corrected chi connectivity index (χ4v) is 4.85. The molecule has 3 aromatic rings. The average molecular weight is 497 g/mol. The van der Waals surface area contributed by atoms with Gasteiger partial charge in [0.2, 0.25) is 15.9 Å². The lowest BCUT2D eigenvalue weighted by Gasteiger charge is -2.19. The molecule has 3 rings (SSSR count). The number of methoxy groups -OCH3 is 2. The standard InChI is InChI=1S/C27H32N2O5S/c1-4-5-9-20-12-14-22(15-13-20)28-27(30)24(18-21-10-7-6-8-11-21)29-35(31,32)23-16-17-25(33-2)26(19-23)34-3/h6-8,10-17,19,24,29H,4-5,9,18H2,1-3H3,(H,28,30). The van der Waals surface area contributed by atoms with E-state index in [1.165, 1.54) is 38.0 Å². The predicted octanol–water partition coefficient (Wildman–Crippen LogP) is 4.57. The molecule has 186 valence electrons. The molecule has 7 nitrogen and oxygen atoms in total. The Labute approximate surface area is 207 Å². The molecule has 0 saturated carbocycles. The summed E-state index contributed by atoms with van der Waals surface area (Å²) in [4.78, 5) is 13.2. The number of sulfonamides is 1. The first-order valence-electron chi connectivity index (χ1n) is 11.5. The Morgan fingerprint density at radius 2 is 1.57 bits per heavy atom. The SMILES string of the molecule is CCCCc1ccc(NC(=O)C(Cc2ccccc2)NS(=O)(=O)c2ccc(OC)c(OC)c2)cc1. The summed E-state index contributed by atoms with van der Waals surface area (Å²) in [6.45, 7) is 2.14. The van der Waals surface area contributed by atoms with E-state index < -0.39 is 22.0 Å². The van der Waals surface area contributed by atoms with Crippen LogP contribution < -0.4 is 19.5 Å². The monoisotopic (exact) mass is 496 g/mol. The highest BCUT2D eigenvalue weighted by atomic mass is 32.2. The first-order chi connectivity index (χ1) is 16.9. The number of nitrogens with one attached hydrogen (secondary N) is 2. The summed E-state index contributed by atoms with van der Waals surface area (Å²) < 4.78 is 39.4. The van der Waals surface area contributed by atoms with E-state index in [1.807, 2.05) is 54.6 Å². The van der Waals surface area contributed by atoms with Gasteiger partial charge in [-0.2, -0.15) is 4.72 Å². The second-order valence-corrected chi connectivity index (χ2v) is 9.88. The van der Waals surface area contributed by atoms with Crippen molar-refractivity contribution in [1.82, 2.24) is 4.72 Å². The minimum Gasteiger partial charge on any atom is -0.493 e. The topological polar surface area (TPSA) is 93.7 Å². The van der Waals surface area contributed by atoms with Crippen LogP contribution in [0.4, 0.5) is 5.69 Å². The van der Waals surface area contributed by atoms with E-state index in [4.69, 9.17) is 9.47 Å². The number of amides is 1. The van der Waals surface area contributed by atoms with Crippen LogP contribution in [0.2, 0.25) is 0 Å². The van der Waals surface area contributed by atoms with Gasteiger partial charge in [-0.05, 0) is 54.7 Å². The first kappa shape index (κ1) is 26.2. The Hall–Kier alpha value is -3.36. The van der Waals surface area contributed by atoms with Crippen molar-refractivity contribution in [1.29, 1.82) is 0 Å². The zero-order valence-corrected chi connectivity index (χ0v) is 21.1. The van der Waals surface area contributed by atoms with Gasteiger partial charge < -0.3 is 14.8 Å². The Kier molecular flexibility index (Phi) is 9.28. The zero-order valence-electron chi connectivity index (χ0n) is 20.3. The highest BCUT2D eigenvalue weighted by molar-refractivity contribution is 7.89. The minimum atomic E-state index is -4.04. The van der Waals surface area contributed by atoms with Gasteiger partial charge >= 0.3 is 0 Å². The maximum Gasteiger partial charge on any atom is 0.242 e. The predicted molar refractivity (Wildman–Crippen MR) is 137 cm³/mol. The number of ether oxygens (including phenoxy) is 2. The fraction of sp³-hybridized carbons (Fsp3) is 0.296. The summed E-state index contributed by atoms with van der Waals surface area (Å²) in [6, 6.07) is 20.2. The third-order valence-corrected chi connectivity index (χ3v) is 7.07. The van der Waals surface area contributed by atoms with Gasteiger partial charge in [0, 0.05) is 11.8 Å². The van der Waals surface area contributed by atoms with E-state index >= 15 is 0 Å². The lowest BCUT2D eigenvalue weighted by Crippen LogP contribution is -2.45. The molecule has 0 saturated heterocycles. The minimum absolute atomic E-state index is 0.0266. The van der Waals surface area contributed by atoms with Crippen molar-refractivity contribution in [3.05, 3.63) is 83.9 Å². The van der Waals surface area contributed by atoms with Crippen LogP contribution in [0.1, 0.15) is 30.9 Å². The van der Waals surface area contributed by atoms with Crippen molar-refractivity contribution in [2.24, 2.45) is 0 Å². The maximum absolute atomic E-state index is 13.2. The van der Waals surface area contributed by atoms with Crippen LogP contribution in [0, 0.1) is 0 Å². The third kappa shape index (κ3) is 7.31. The molecule has 0 radical (unpaired) electrons. The summed E-state index contributed by atoms with van der Waals surface area (Å²) >= 11 is 0. The Morgan fingerprint density at radius 3 is 2.20 bits per heavy atom. The van der Waals surface area contributed by atoms with Gasteiger partial charge in [-0.1, -0.05) is 55.8 Å². The summed E-state index contributed by atoms with van der Waals surface area (Å²) in [5.74, 6) is 0.245. The van der Waals surface area contributed by atoms with Crippen LogP contribution in [0.5, 0.6) is 11.5 Å². The number of aryl methyl sites for hydroxylation is 1. The summed E-state index contributed by atoms with van der Waals surface area (Å²) in [5.41, 5.74) is 2.64. The fourth-order valence-electron chi connectivity index (χ4n) is 3.64. The van der Waals surface area contributed by atoms with Gasteiger partial charge in [0.05, 0.1) is 19.1 Å². The lowest BCUT2D eigenvalue weighted by atomic mass is 10.1. The molecule has 0 aliphatic rings. The molecule has 2 N–H and O–H groups in total. The third-order valence-electron chi connectivity index (χ3n) is 5.60. The number of benzene rings is 3. The van der Waals surface area contributed by atoms with Gasteiger partial charge in [-0.25, -0.2) is 8.42 Å². The van der Waals surface area contributed by atoms with Crippen molar-refractivity contribution in [3.8, 4) is 11.5 Å². The molecule has 35 heavy (non-hydrogen) atoms. The molecule has 0 heterocycles. The van der Waals surface area contributed by atoms with Crippen LogP contribution in [-0.2, 0) is 27.7 Å². The Balaban J connectivity index is 1.83. The molecular formula is C27H32N2O5S. The molecule has 0 bridgehead atoms. The molecule has 3 aromatic carbocycles. The number of rotatable bonds is 12. The second-order valence-electron chi connectivity index (χ2n) is 8.17. The summed E-state index contributed by atoms with van der Waals surface area (Å²) in [7, 11) is -1.13. The molecular weight excluding hydrogens is 464 g/mol. The van der Waals surface area contributed by atoms with Crippen LogP contribution in [-0.4, -0.2) is 34.6 Å². The number of carbonyl (C=O) groups excluding carboxylic acids is 1. The van der Waals surface area contributed by atoms with Gasteiger partial charge in [0.1, 0.15) is 6.04 Å². The molecule has 1 unspecified atom stereocenters. The largest absolute Gasteiger partial charge is 0.493 e. The number of hydrogen-bond acceptors (Lipinski definition) is 5. The smallest absolute Gasteiger partial charge is 0.242 e. The molecule has 8 heteroatoms. The van der Waals surface area contributed by atoms with Gasteiger partial charge in [-0.3, -0.25) is 4.79 Å². The van der Waals surface area contributed by atoms with E-state index in [1.54, 1.807) is 0 Å². The number of unbranched alkanes of at least 4 members (excludes halogenated alkanes) is 1. The van der Waals surface area contributed by atoms with Gasteiger partial charge in [-0.15, -0.1) is 0 Å². The van der Waals surface area contributed by atoms with Crippen LogP contribution in [0.15, 0.2) is 77.7 Å². The van der Waals surface area contributed by atoms with E-state index in [9.17, 15) is 13.2 Å². The molecule has 1 amide bonds. The molecule has 0 fully saturated rings. The first-order valence-corrected chi connectivity index (χ1v) is 13.0. The average Bonchev–Trinajstić information content (AvgIpc) is 2.87. The van der Waals surface area contributed by atoms with E-state index in [0.717, 1.165) is 24.8 Å². The van der Waals surface area contributed by atoms with Crippen LogP contribution >= 0.6 is 0 Å². The molecule has 0 aliphatic carbocycles. The van der Waals surface area contributed by atoms with Crippen molar-refractivity contribution in [2.45, 2.75) is 43.5 Å². The van der Waals surface area contributed by atoms with E-state index in [0.29, 0.717) is 11.4 Å². The highest BCUT2D eigenvalue weighted by Crippen LogP contribution is 2.29. The molecule has 0 aliphatic heterocycles. The molecule has 0 aromatic heterocycles. The van der Waals surface area contributed by atoms with Crippen molar-refractivity contribution >= 4 is 21.6 Å². The lowest BCUT2D eigenvalue weighted by molar-refractivity contribution is -0.117. The molecule has 1 atom stereocenters. The number of anilines is 1. The van der Waals surface area contributed by atoms with Gasteiger partial charge in [0.25, 0.3) is 0 Å². The Bertz CT molecular complexity index is 1210. The zero-order chi connectivity index (χ0) is 25.3. The van der Waals surface area contributed by atoms with Gasteiger partial charge in [0.15, 0.2) is 11.5 Å². The highest BCUT2D eigenvalue weighted by Gasteiger charge is 2.27. The quantitative estimate of drug-likeness (QED) is 0.383. The van der Waals surface area contributed by atoms with Crippen molar-refractivity contribution in [2.75, 3.05) is 19.5 Å². The number of carbonyl (C=O) groups is 1. The Morgan fingerprint density at radius 1 is 0.886 bits per heavy atom. The number of hydrogen-bond donors (Lipinski definition) is 2. The van der Waals surface area contributed by atoms with Crippen molar-refractivity contribution < 1.29 is 22.7 Å². The van der Waals surface area contributed by atoms with Crippen LogP contribution in [0.25, 0.3) is 0 Å². The summed E-state index contributed by atoms with van der Waals surface area (Å²) in [5, 5.41) is 2.85. The second kappa shape index (κ2) is 12.4. The van der Waals surface area contributed by atoms with E-state index in [2.05, 4.69) is 17.0 Å². The van der Waals surface area contributed by atoms with Crippen molar-refractivity contribution in [3.63, 3.8) is 0 Å².